The fourth-order valence-electron chi connectivity index (χ4n) is 1.48. The summed E-state index contributed by atoms with van der Waals surface area (Å²) in [4.78, 5) is 12.6. The molecular weight excluding hydrogens is 305 g/mol. The summed E-state index contributed by atoms with van der Waals surface area (Å²) in [6, 6.07) is 10.1. The highest BCUT2D eigenvalue weighted by molar-refractivity contribution is 7.99. The van der Waals surface area contributed by atoms with Gasteiger partial charge in [0.05, 0.1) is 15.6 Å². The third-order valence-electron chi connectivity index (χ3n) is 2.38. The summed E-state index contributed by atoms with van der Waals surface area (Å²) >= 11 is 13.2. The summed E-state index contributed by atoms with van der Waals surface area (Å²) in [5, 5.41) is 9.86. The van der Waals surface area contributed by atoms with Crippen molar-refractivity contribution in [3.8, 4) is 0 Å². The van der Waals surface area contributed by atoms with Crippen LogP contribution in [-0.2, 0) is 0 Å². The van der Waals surface area contributed by atoms with Crippen molar-refractivity contribution in [3.63, 3.8) is 0 Å². The topological polar surface area (TPSA) is 63.3 Å². The molecule has 0 radical (unpaired) electrons. The number of nitrogens with two attached hydrogens (primary N) is 1. The molecule has 0 aliphatic heterocycles. The van der Waals surface area contributed by atoms with Crippen LogP contribution in [0.2, 0.25) is 10.0 Å². The number of halogens is 2. The lowest BCUT2D eigenvalue weighted by molar-refractivity contribution is 0.0698. The zero-order valence-electron chi connectivity index (χ0n) is 9.56. The Balaban J connectivity index is 2.26. The second-order valence-corrected chi connectivity index (χ2v) is 5.69. The van der Waals surface area contributed by atoms with E-state index in [0.717, 1.165) is 9.79 Å². The molecule has 3 nitrogen and oxygen atoms in total. The molecule has 0 saturated heterocycles. The highest BCUT2D eigenvalue weighted by atomic mass is 35.5. The van der Waals surface area contributed by atoms with E-state index in [1.54, 1.807) is 24.3 Å². The monoisotopic (exact) mass is 313 g/mol. The maximum Gasteiger partial charge on any atom is 0.337 e. The van der Waals surface area contributed by atoms with E-state index in [2.05, 4.69) is 0 Å². The van der Waals surface area contributed by atoms with Crippen molar-refractivity contribution in [1.82, 2.24) is 0 Å². The fourth-order valence-corrected chi connectivity index (χ4v) is 2.75. The molecule has 0 atom stereocenters. The molecule has 0 spiro atoms. The number of carboxylic acids is 1. The zero-order chi connectivity index (χ0) is 14.0. The molecular formula is C13H9Cl2NO2S. The Labute approximate surface area is 124 Å². The first-order chi connectivity index (χ1) is 8.97. The first-order valence-electron chi connectivity index (χ1n) is 5.23. The normalized spacial score (nSPS) is 10.4. The summed E-state index contributed by atoms with van der Waals surface area (Å²) in [7, 11) is 0. The summed E-state index contributed by atoms with van der Waals surface area (Å²) in [6.45, 7) is 0. The first-order valence-corrected chi connectivity index (χ1v) is 6.80. The Bertz CT molecular complexity index is 647. The molecule has 2 aromatic rings. The molecule has 0 amide bonds. The smallest absolute Gasteiger partial charge is 0.337 e. The molecule has 0 aromatic heterocycles. The molecule has 3 N–H and O–H groups in total. The van der Waals surface area contributed by atoms with Crippen LogP contribution in [0, 0.1) is 0 Å². The number of anilines is 1. The number of hydrogen-bond acceptors (Lipinski definition) is 3. The maximum atomic E-state index is 10.9. The minimum atomic E-state index is -1.04. The Kier molecular flexibility index (Phi) is 4.24. The van der Waals surface area contributed by atoms with Crippen LogP contribution in [0.25, 0.3) is 0 Å². The first kappa shape index (κ1) is 14.1. The number of carbonyl (C=O) groups is 1. The molecule has 0 saturated carbocycles. The van der Waals surface area contributed by atoms with Crippen molar-refractivity contribution in [2.45, 2.75) is 9.79 Å². The predicted molar refractivity (Wildman–Crippen MR) is 78.4 cm³/mol. The number of rotatable bonds is 3. The van der Waals surface area contributed by atoms with Gasteiger partial charge in [-0.2, -0.15) is 0 Å². The van der Waals surface area contributed by atoms with E-state index < -0.39 is 5.97 Å². The second-order valence-electron chi connectivity index (χ2n) is 3.73. The van der Waals surface area contributed by atoms with E-state index in [1.165, 1.54) is 17.8 Å². The molecule has 0 unspecified atom stereocenters. The zero-order valence-corrected chi connectivity index (χ0v) is 11.9. The van der Waals surface area contributed by atoms with Gasteiger partial charge >= 0.3 is 5.97 Å². The minimum absolute atomic E-state index is 0.0958. The van der Waals surface area contributed by atoms with Crippen LogP contribution in [-0.4, -0.2) is 11.1 Å². The van der Waals surface area contributed by atoms with Crippen LogP contribution < -0.4 is 5.73 Å². The van der Waals surface area contributed by atoms with Crippen LogP contribution in [0.15, 0.2) is 46.2 Å². The largest absolute Gasteiger partial charge is 0.478 e. The van der Waals surface area contributed by atoms with E-state index in [-0.39, 0.29) is 11.3 Å². The van der Waals surface area contributed by atoms with Gasteiger partial charge in [0.25, 0.3) is 0 Å². The van der Waals surface area contributed by atoms with Crippen molar-refractivity contribution in [3.05, 3.63) is 52.0 Å². The summed E-state index contributed by atoms with van der Waals surface area (Å²) < 4.78 is 0. The molecule has 98 valence electrons. The molecule has 19 heavy (non-hydrogen) atoms. The summed E-state index contributed by atoms with van der Waals surface area (Å²) in [6.07, 6.45) is 0. The van der Waals surface area contributed by atoms with Crippen LogP contribution in [0.1, 0.15) is 10.4 Å². The van der Waals surface area contributed by atoms with Gasteiger partial charge in [0.1, 0.15) is 0 Å². The van der Waals surface area contributed by atoms with Crippen LogP contribution in [0.5, 0.6) is 0 Å². The Morgan fingerprint density at radius 1 is 1.05 bits per heavy atom. The number of aromatic carboxylic acids is 1. The van der Waals surface area contributed by atoms with Crippen LogP contribution in [0.4, 0.5) is 5.69 Å². The molecule has 2 rings (SSSR count). The van der Waals surface area contributed by atoms with Crippen molar-refractivity contribution < 1.29 is 9.90 Å². The molecule has 0 heterocycles. The fraction of sp³-hybridized carbons (Fsp3) is 0. The van der Waals surface area contributed by atoms with Crippen molar-refractivity contribution in [1.29, 1.82) is 0 Å². The van der Waals surface area contributed by atoms with Gasteiger partial charge in [-0.25, -0.2) is 4.79 Å². The van der Waals surface area contributed by atoms with Gasteiger partial charge in [-0.1, -0.05) is 35.0 Å². The van der Waals surface area contributed by atoms with Crippen molar-refractivity contribution in [2.24, 2.45) is 0 Å². The average molecular weight is 314 g/mol. The second kappa shape index (κ2) is 5.74. The Morgan fingerprint density at radius 2 is 1.68 bits per heavy atom. The minimum Gasteiger partial charge on any atom is -0.478 e. The van der Waals surface area contributed by atoms with Gasteiger partial charge in [0.15, 0.2) is 0 Å². The van der Waals surface area contributed by atoms with E-state index >= 15 is 0 Å². The molecule has 0 aliphatic rings. The summed E-state index contributed by atoms with van der Waals surface area (Å²) in [5.74, 6) is -1.04. The van der Waals surface area contributed by atoms with Crippen LogP contribution in [0.3, 0.4) is 0 Å². The molecule has 0 aliphatic carbocycles. The van der Waals surface area contributed by atoms with E-state index in [1.807, 2.05) is 6.07 Å². The summed E-state index contributed by atoms with van der Waals surface area (Å²) in [5.41, 5.74) is 6.02. The standard InChI is InChI=1S/C13H9Cl2NO2S/c14-10-4-2-7(5-11(10)15)19-8-1-3-9(13(17)18)12(16)6-8/h1-6H,16H2,(H,17,18). The van der Waals surface area contributed by atoms with E-state index in [9.17, 15) is 4.79 Å². The Hall–Kier alpha value is -1.36. The van der Waals surface area contributed by atoms with Gasteiger partial charge in [0, 0.05) is 15.5 Å². The maximum absolute atomic E-state index is 10.9. The third kappa shape index (κ3) is 3.35. The number of nitrogen functional groups attached to an aromatic ring is 1. The van der Waals surface area contributed by atoms with Gasteiger partial charge in [-0.15, -0.1) is 0 Å². The molecule has 2 aromatic carbocycles. The lowest BCUT2D eigenvalue weighted by Gasteiger charge is -2.06. The van der Waals surface area contributed by atoms with E-state index in [4.69, 9.17) is 34.0 Å². The van der Waals surface area contributed by atoms with Gasteiger partial charge in [0.2, 0.25) is 0 Å². The van der Waals surface area contributed by atoms with Crippen molar-refractivity contribution in [2.75, 3.05) is 5.73 Å². The van der Waals surface area contributed by atoms with Gasteiger partial charge < -0.3 is 10.8 Å². The molecule has 6 heteroatoms. The SMILES string of the molecule is Nc1cc(Sc2ccc(Cl)c(Cl)c2)ccc1C(=O)O. The highest BCUT2D eigenvalue weighted by Crippen LogP contribution is 2.33. The molecule has 0 fully saturated rings. The number of hydrogen-bond donors (Lipinski definition) is 2. The van der Waals surface area contributed by atoms with Gasteiger partial charge in [-0.05, 0) is 36.4 Å². The third-order valence-corrected chi connectivity index (χ3v) is 4.10. The number of benzene rings is 2. The predicted octanol–water partition coefficient (Wildman–Crippen LogP) is 4.43. The number of carboxylic acid groups (broad SMARTS) is 1. The van der Waals surface area contributed by atoms with Gasteiger partial charge in [-0.3, -0.25) is 0 Å². The average Bonchev–Trinajstić information content (AvgIpc) is 2.33. The molecule has 0 bridgehead atoms. The Morgan fingerprint density at radius 3 is 2.26 bits per heavy atom. The lowest BCUT2D eigenvalue weighted by atomic mass is 10.2. The van der Waals surface area contributed by atoms with Crippen molar-refractivity contribution >= 4 is 46.6 Å². The quantitative estimate of drug-likeness (QED) is 0.823. The highest BCUT2D eigenvalue weighted by Gasteiger charge is 2.09. The van der Waals surface area contributed by atoms with E-state index in [0.29, 0.717) is 10.0 Å². The lowest BCUT2D eigenvalue weighted by Crippen LogP contribution is -2.01. The van der Waals surface area contributed by atoms with Crippen LogP contribution >= 0.6 is 35.0 Å².